The minimum Gasteiger partial charge on any atom is -0.497 e. The van der Waals surface area contributed by atoms with Gasteiger partial charge >= 0.3 is 0 Å². The smallest absolute Gasteiger partial charge is 0.169 e. The Balaban J connectivity index is 1.89. The van der Waals surface area contributed by atoms with E-state index in [2.05, 4.69) is 5.32 Å². The molecule has 1 aromatic carbocycles. The summed E-state index contributed by atoms with van der Waals surface area (Å²) in [5.74, 6) is 1.58. The van der Waals surface area contributed by atoms with Crippen LogP contribution in [0.3, 0.4) is 0 Å². The normalized spacial score (nSPS) is 17.1. The van der Waals surface area contributed by atoms with Crippen molar-refractivity contribution in [2.75, 3.05) is 34.4 Å². The third-order valence-corrected chi connectivity index (χ3v) is 4.21. The molecule has 0 unspecified atom stereocenters. The topological polar surface area (TPSA) is 43.0 Å². The van der Waals surface area contributed by atoms with Gasteiger partial charge in [0.25, 0.3) is 0 Å². The summed E-state index contributed by atoms with van der Waals surface area (Å²) in [5, 5.41) is 3.99. The Kier molecular flexibility index (Phi) is 6.27. The zero-order valence-corrected chi connectivity index (χ0v) is 14.2. The van der Waals surface area contributed by atoms with Crippen LogP contribution >= 0.6 is 12.2 Å². The summed E-state index contributed by atoms with van der Waals surface area (Å²) < 4.78 is 16.2. The molecule has 2 rings (SSSR count). The summed E-state index contributed by atoms with van der Waals surface area (Å²) >= 11 is 5.43. The molecule has 1 heterocycles. The molecule has 0 amide bonds. The van der Waals surface area contributed by atoms with Gasteiger partial charge in [0, 0.05) is 38.4 Å². The van der Waals surface area contributed by atoms with E-state index in [1.807, 2.05) is 30.1 Å². The van der Waals surface area contributed by atoms with Gasteiger partial charge in [0.2, 0.25) is 0 Å². The second-order valence-electron chi connectivity index (χ2n) is 5.35. The van der Waals surface area contributed by atoms with Crippen molar-refractivity contribution in [3.63, 3.8) is 0 Å². The van der Waals surface area contributed by atoms with Gasteiger partial charge in [0.15, 0.2) is 5.11 Å². The van der Waals surface area contributed by atoms with Crippen LogP contribution in [-0.2, 0) is 11.3 Å². The quantitative estimate of drug-likeness (QED) is 0.809. The number of methoxy groups -OCH3 is 2. The van der Waals surface area contributed by atoms with Crippen molar-refractivity contribution in [1.82, 2.24) is 10.2 Å². The first-order valence-electron chi connectivity index (χ1n) is 7.45. The highest BCUT2D eigenvalue weighted by atomic mass is 32.1. The van der Waals surface area contributed by atoms with E-state index in [1.165, 1.54) is 0 Å². The Morgan fingerprint density at radius 2 is 2.23 bits per heavy atom. The number of hydrogen-bond acceptors (Lipinski definition) is 4. The number of thiocarbonyl (C=S) groups is 1. The standard InChI is InChI=1S/C16H24N2O3S/c1-18(16(22)17-10-14-5-4-8-21-14)11-12-6-7-13(19-2)9-15(12)20-3/h6-7,9,14H,4-5,8,10-11H2,1-3H3,(H,17,22)/t14-/m0/s1. The molecule has 1 atom stereocenters. The molecule has 0 aliphatic carbocycles. The Bertz CT molecular complexity index is 504. The average Bonchev–Trinajstić information content (AvgIpc) is 3.06. The summed E-state index contributed by atoms with van der Waals surface area (Å²) in [6, 6.07) is 5.80. The van der Waals surface area contributed by atoms with Crippen molar-refractivity contribution in [1.29, 1.82) is 0 Å². The largest absolute Gasteiger partial charge is 0.497 e. The summed E-state index contributed by atoms with van der Waals surface area (Å²) in [7, 11) is 5.27. The van der Waals surface area contributed by atoms with Gasteiger partial charge in [-0.3, -0.25) is 0 Å². The van der Waals surface area contributed by atoms with Crippen molar-refractivity contribution in [2.45, 2.75) is 25.5 Å². The highest BCUT2D eigenvalue weighted by Crippen LogP contribution is 2.25. The van der Waals surface area contributed by atoms with E-state index < -0.39 is 0 Å². The highest BCUT2D eigenvalue weighted by molar-refractivity contribution is 7.80. The van der Waals surface area contributed by atoms with E-state index in [0.29, 0.717) is 11.7 Å². The lowest BCUT2D eigenvalue weighted by atomic mass is 10.2. The van der Waals surface area contributed by atoms with E-state index in [0.717, 1.165) is 43.1 Å². The molecule has 1 fully saturated rings. The molecular formula is C16H24N2O3S. The first-order chi connectivity index (χ1) is 10.6. The van der Waals surface area contributed by atoms with Crippen LogP contribution in [-0.4, -0.2) is 50.5 Å². The third-order valence-electron chi connectivity index (χ3n) is 3.75. The molecule has 0 radical (unpaired) electrons. The maximum absolute atomic E-state index is 5.59. The predicted molar refractivity (Wildman–Crippen MR) is 90.6 cm³/mol. The van der Waals surface area contributed by atoms with Crippen LogP contribution in [0.1, 0.15) is 18.4 Å². The van der Waals surface area contributed by atoms with Gasteiger partial charge in [-0.2, -0.15) is 0 Å². The van der Waals surface area contributed by atoms with Crippen LogP contribution in [0.2, 0.25) is 0 Å². The summed E-state index contributed by atoms with van der Waals surface area (Å²) in [4.78, 5) is 1.99. The van der Waals surface area contributed by atoms with Crippen LogP contribution in [0, 0.1) is 0 Å². The van der Waals surface area contributed by atoms with E-state index >= 15 is 0 Å². The lowest BCUT2D eigenvalue weighted by Gasteiger charge is -2.23. The lowest BCUT2D eigenvalue weighted by molar-refractivity contribution is 0.113. The molecule has 22 heavy (non-hydrogen) atoms. The van der Waals surface area contributed by atoms with Crippen molar-refractivity contribution in [3.8, 4) is 11.5 Å². The molecule has 0 saturated carbocycles. The molecule has 0 spiro atoms. The average molecular weight is 324 g/mol. The van der Waals surface area contributed by atoms with Crippen LogP contribution in [0.5, 0.6) is 11.5 Å². The Morgan fingerprint density at radius 1 is 1.41 bits per heavy atom. The maximum Gasteiger partial charge on any atom is 0.169 e. The number of ether oxygens (including phenoxy) is 3. The zero-order chi connectivity index (χ0) is 15.9. The Morgan fingerprint density at radius 3 is 2.86 bits per heavy atom. The third kappa shape index (κ3) is 4.48. The van der Waals surface area contributed by atoms with Crippen LogP contribution in [0.15, 0.2) is 18.2 Å². The van der Waals surface area contributed by atoms with E-state index in [9.17, 15) is 0 Å². The number of hydrogen-bond donors (Lipinski definition) is 1. The fourth-order valence-corrected chi connectivity index (χ4v) is 2.60. The molecule has 5 nitrogen and oxygen atoms in total. The van der Waals surface area contributed by atoms with E-state index in [4.69, 9.17) is 26.4 Å². The van der Waals surface area contributed by atoms with Crippen molar-refractivity contribution in [2.24, 2.45) is 0 Å². The molecule has 0 aromatic heterocycles. The SMILES string of the molecule is COc1ccc(CN(C)C(=S)NC[C@@H]2CCCO2)c(OC)c1. The van der Waals surface area contributed by atoms with E-state index in [1.54, 1.807) is 14.2 Å². The fraction of sp³-hybridized carbons (Fsp3) is 0.562. The minimum atomic E-state index is 0.280. The van der Waals surface area contributed by atoms with Gasteiger partial charge in [-0.05, 0) is 37.2 Å². The van der Waals surface area contributed by atoms with Crippen LogP contribution in [0.25, 0.3) is 0 Å². The predicted octanol–water partition coefficient (Wildman–Crippen LogP) is 2.19. The lowest BCUT2D eigenvalue weighted by Crippen LogP contribution is -2.40. The second-order valence-corrected chi connectivity index (χ2v) is 5.74. The van der Waals surface area contributed by atoms with Gasteiger partial charge in [-0.25, -0.2) is 0 Å². The fourth-order valence-electron chi connectivity index (χ4n) is 2.45. The van der Waals surface area contributed by atoms with Gasteiger partial charge in [0.05, 0.1) is 20.3 Å². The zero-order valence-electron chi connectivity index (χ0n) is 13.4. The summed E-state index contributed by atoms with van der Waals surface area (Å²) in [5.41, 5.74) is 1.06. The second kappa shape index (κ2) is 8.19. The van der Waals surface area contributed by atoms with Crippen molar-refractivity contribution in [3.05, 3.63) is 23.8 Å². The van der Waals surface area contributed by atoms with Gasteiger partial charge in [-0.15, -0.1) is 0 Å². The van der Waals surface area contributed by atoms with Gasteiger partial charge in [-0.1, -0.05) is 0 Å². The number of benzene rings is 1. The molecule has 6 heteroatoms. The van der Waals surface area contributed by atoms with Crippen molar-refractivity contribution >= 4 is 17.3 Å². The molecule has 1 aliphatic heterocycles. The van der Waals surface area contributed by atoms with Crippen molar-refractivity contribution < 1.29 is 14.2 Å². The number of rotatable bonds is 6. The molecule has 1 saturated heterocycles. The summed E-state index contributed by atoms with van der Waals surface area (Å²) in [6.07, 6.45) is 2.52. The van der Waals surface area contributed by atoms with Gasteiger partial charge < -0.3 is 24.4 Å². The Hall–Kier alpha value is -1.53. The Labute approximate surface area is 137 Å². The van der Waals surface area contributed by atoms with Crippen LogP contribution in [0.4, 0.5) is 0 Å². The van der Waals surface area contributed by atoms with E-state index in [-0.39, 0.29) is 6.10 Å². The first kappa shape index (κ1) is 16.8. The molecule has 0 bridgehead atoms. The maximum atomic E-state index is 5.59. The number of nitrogens with zero attached hydrogens (tertiary/aromatic N) is 1. The molecule has 1 aliphatic rings. The molecule has 1 N–H and O–H groups in total. The monoisotopic (exact) mass is 324 g/mol. The molecule has 122 valence electrons. The molecule has 1 aromatic rings. The number of nitrogens with one attached hydrogen (secondary N) is 1. The first-order valence-corrected chi connectivity index (χ1v) is 7.86. The molecular weight excluding hydrogens is 300 g/mol. The van der Waals surface area contributed by atoms with Gasteiger partial charge in [0.1, 0.15) is 11.5 Å². The minimum absolute atomic E-state index is 0.280. The summed E-state index contributed by atoms with van der Waals surface area (Å²) in [6.45, 7) is 2.30. The van der Waals surface area contributed by atoms with Crippen LogP contribution < -0.4 is 14.8 Å². The highest BCUT2D eigenvalue weighted by Gasteiger charge is 2.16.